The van der Waals surface area contributed by atoms with Crippen molar-refractivity contribution in [2.75, 3.05) is 14.2 Å². The van der Waals surface area contributed by atoms with Gasteiger partial charge in [0.15, 0.2) is 9.84 Å². The fourth-order valence-electron chi connectivity index (χ4n) is 3.43. The number of methoxy groups -OCH3 is 2. The molecule has 1 saturated carbocycles. The van der Waals surface area contributed by atoms with E-state index in [9.17, 15) is 21.6 Å². The molecule has 2 aromatic rings. The summed E-state index contributed by atoms with van der Waals surface area (Å²) in [6, 6.07) is 6.36. The van der Waals surface area contributed by atoms with E-state index in [4.69, 9.17) is 9.47 Å². The first-order chi connectivity index (χ1) is 13.2. The largest absolute Gasteiger partial charge is 0.481 e. The molecule has 152 valence electrons. The zero-order chi connectivity index (χ0) is 20.5. The van der Waals surface area contributed by atoms with E-state index in [2.05, 4.69) is 4.98 Å². The number of alkyl halides is 3. The lowest BCUT2D eigenvalue weighted by Crippen LogP contribution is -2.23. The number of ether oxygens (including phenoxy) is 2. The van der Waals surface area contributed by atoms with E-state index in [-0.39, 0.29) is 24.5 Å². The first-order valence-corrected chi connectivity index (χ1v) is 10.2. The molecule has 1 aromatic carbocycles. The van der Waals surface area contributed by atoms with Crippen molar-refractivity contribution in [3.8, 4) is 17.0 Å². The minimum atomic E-state index is -4.81. The molecule has 9 heteroatoms. The third-order valence-electron chi connectivity index (χ3n) is 4.98. The van der Waals surface area contributed by atoms with Crippen LogP contribution in [-0.4, -0.2) is 39.0 Å². The van der Waals surface area contributed by atoms with Crippen molar-refractivity contribution in [2.45, 2.75) is 41.7 Å². The third kappa shape index (κ3) is 4.00. The van der Waals surface area contributed by atoms with Crippen molar-refractivity contribution in [3.05, 3.63) is 42.1 Å². The number of benzene rings is 1. The maximum absolute atomic E-state index is 13.7. The zero-order valence-corrected chi connectivity index (χ0v) is 16.2. The lowest BCUT2D eigenvalue weighted by molar-refractivity contribution is -0.139. The SMILES string of the molecule is COc1ccc(-c2ccc(S(=O)(=O)[C@H]3CC[C@H](OC)C3)c(C(F)(F)F)c2)cn1. The van der Waals surface area contributed by atoms with Crippen LogP contribution >= 0.6 is 0 Å². The predicted molar refractivity (Wildman–Crippen MR) is 96.8 cm³/mol. The Labute approximate surface area is 161 Å². The number of aromatic nitrogens is 1. The normalized spacial score (nSPS) is 20.3. The van der Waals surface area contributed by atoms with Crippen LogP contribution in [0.2, 0.25) is 0 Å². The highest BCUT2D eigenvalue weighted by Crippen LogP contribution is 2.40. The number of sulfone groups is 1. The highest BCUT2D eigenvalue weighted by Gasteiger charge is 2.42. The monoisotopic (exact) mass is 415 g/mol. The van der Waals surface area contributed by atoms with Gasteiger partial charge in [-0.1, -0.05) is 6.07 Å². The summed E-state index contributed by atoms with van der Waals surface area (Å²) >= 11 is 0. The van der Waals surface area contributed by atoms with Gasteiger partial charge in [-0.05, 0) is 43.0 Å². The van der Waals surface area contributed by atoms with Crippen molar-refractivity contribution in [1.82, 2.24) is 4.98 Å². The van der Waals surface area contributed by atoms with E-state index in [0.29, 0.717) is 17.9 Å². The summed E-state index contributed by atoms with van der Waals surface area (Å²) in [6.45, 7) is 0. The minimum absolute atomic E-state index is 0.195. The van der Waals surface area contributed by atoms with Crippen molar-refractivity contribution in [3.63, 3.8) is 0 Å². The van der Waals surface area contributed by atoms with Crippen LogP contribution in [0, 0.1) is 0 Å². The van der Waals surface area contributed by atoms with Gasteiger partial charge in [0, 0.05) is 24.9 Å². The molecule has 1 aromatic heterocycles. The van der Waals surface area contributed by atoms with Crippen LogP contribution in [-0.2, 0) is 20.8 Å². The van der Waals surface area contributed by atoms with Gasteiger partial charge in [0.05, 0.1) is 28.9 Å². The standard InChI is InChI=1S/C19H20F3NO4S/c1-26-14-5-6-15(10-14)28(24,25)17-7-3-12(9-16(17)19(20,21)22)13-4-8-18(27-2)23-11-13/h3-4,7-9,11,14-15H,5-6,10H2,1-2H3/t14-,15-/m0/s1. The molecule has 5 nitrogen and oxygen atoms in total. The Morgan fingerprint density at radius 1 is 1.07 bits per heavy atom. The molecular formula is C19H20F3NO4S. The van der Waals surface area contributed by atoms with Gasteiger partial charge in [0.1, 0.15) is 0 Å². The van der Waals surface area contributed by atoms with Crippen molar-refractivity contribution in [2.24, 2.45) is 0 Å². The second-order valence-electron chi connectivity index (χ2n) is 6.64. The molecule has 1 fully saturated rings. The second-order valence-corrected chi connectivity index (χ2v) is 8.83. The minimum Gasteiger partial charge on any atom is -0.481 e. The van der Waals surface area contributed by atoms with Crippen molar-refractivity contribution < 1.29 is 31.1 Å². The Balaban J connectivity index is 2.04. The summed E-state index contributed by atoms with van der Waals surface area (Å²) in [4.78, 5) is 3.29. The Hall–Kier alpha value is -2.13. The van der Waals surface area contributed by atoms with E-state index in [1.165, 1.54) is 32.5 Å². The highest BCUT2D eigenvalue weighted by atomic mass is 32.2. The van der Waals surface area contributed by atoms with Crippen molar-refractivity contribution in [1.29, 1.82) is 0 Å². The van der Waals surface area contributed by atoms with Crippen LogP contribution in [0.15, 0.2) is 41.4 Å². The zero-order valence-electron chi connectivity index (χ0n) is 15.4. The average Bonchev–Trinajstić information content (AvgIpc) is 3.17. The molecule has 28 heavy (non-hydrogen) atoms. The Bertz CT molecular complexity index is 943. The molecule has 0 saturated heterocycles. The predicted octanol–water partition coefficient (Wildman–Crippen LogP) is 4.12. The molecule has 0 unspecified atom stereocenters. The van der Waals surface area contributed by atoms with E-state index in [1.807, 2.05) is 0 Å². The van der Waals surface area contributed by atoms with Gasteiger partial charge in [-0.3, -0.25) is 0 Å². The van der Waals surface area contributed by atoms with E-state index in [0.717, 1.165) is 12.1 Å². The van der Waals surface area contributed by atoms with E-state index >= 15 is 0 Å². The Kier molecular flexibility index (Phi) is 5.67. The molecular weight excluding hydrogens is 395 g/mol. The van der Waals surface area contributed by atoms with Crippen LogP contribution in [0.5, 0.6) is 5.88 Å². The quantitative estimate of drug-likeness (QED) is 0.735. The lowest BCUT2D eigenvalue weighted by atomic mass is 10.0. The lowest BCUT2D eigenvalue weighted by Gasteiger charge is -2.18. The summed E-state index contributed by atoms with van der Waals surface area (Å²) in [5.74, 6) is 0.327. The molecule has 0 radical (unpaired) electrons. The Morgan fingerprint density at radius 2 is 1.79 bits per heavy atom. The third-order valence-corrected chi connectivity index (χ3v) is 7.25. The second kappa shape index (κ2) is 7.71. The van der Waals surface area contributed by atoms with Gasteiger partial charge in [-0.25, -0.2) is 13.4 Å². The van der Waals surface area contributed by atoms with Gasteiger partial charge in [0.25, 0.3) is 0 Å². The van der Waals surface area contributed by atoms with Crippen LogP contribution in [0.1, 0.15) is 24.8 Å². The van der Waals surface area contributed by atoms with E-state index in [1.54, 1.807) is 6.07 Å². The van der Waals surface area contributed by atoms with Crippen LogP contribution in [0.25, 0.3) is 11.1 Å². The number of rotatable bonds is 5. The summed E-state index contributed by atoms with van der Waals surface area (Å²) in [5, 5.41) is -0.882. The summed E-state index contributed by atoms with van der Waals surface area (Å²) in [6.07, 6.45) is -2.70. The topological polar surface area (TPSA) is 65.5 Å². The maximum atomic E-state index is 13.7. The summed E-state index contributed by atoms with van der Waals surface area (Å²) < 4.78 is 77.0. The van der Waals surface area contributed by atoms with Gasteiger partial charge < -0.3 is 9.47 Å². The van der Waals surface area contributed by atoms with E-state index < -0.39 is 31.7 Å². The van der Waals surface area contributed by atoms with Crippen LogP contribution in [0.4, 0.5) is 13.2 Å². The number of hydrogen-bond acceptors (Lipinski definition) is 5. The maximum Gasteiger partial charge on any atom is 0.417 e. The van der Waals surface area contributed by atoms with Crippen LogP contribution in [0.3, 0.4) is 0 Å². The van der Waals surface area contributed by atoms with Gasteiger partial charge in [-0.2, -0.15) is 13.2 Å². The fraction of sp³-hybridized carbons (Fsp3) is 0.421. The van der Waals surface area contributed by atoms with Crippen molar-refractivity contribution >= 4 is 9.84 Å². The molecule has 1 aliphatic rings. The smallest absolute Gasteiger partial charge is 0.417 e. The molecule has 2 atom stereocenters. The first kappa shape index (κ1) is 20.6. The van der Waals surface area contributed by atoms with Gasteiger partial charge in [0.2, 0.25) is 5.88 Å². The summed E-state index contributed by atoms with van der Waals surface area (Å²) in [7, 11) is -1.24. The van der Waals surface area contributed by atoms with Crippen LogP contribution < -0.4 is 4.74 Å². The molecule has 1 aliphatic carbocycles. The van der Waals surface area contributed by atoms with Gasteiger partial charge >= 0.3 is 6.18 Å². The fourth-order valence-corrected chi connectivity index (χ4v) is 5.44. The highest BCUT2D eigenvalue weighted by molar-refractivity contribution is 7.92. The molecule has 0 aliphatic heterocycles. The summed E-state index contributed by atoms with van der Waals surface area (Å²) in [5.41, 5.74) is -0.514. The molecule has 0 N–H and O–H groups in total. The molecule has 3 rings (SSSR count). The molecule has 0 amide bonds. The first-order valence-electron chi connectivity index (χ1n) is 8.65. The molecule has 0 spiro atoms. The number of nitrogens with zero attached hydrogens (tertiary/aromatic N) is 1. The molecule has 0 bridgehead atoms. The number of halogens is 3. The Morgan fingerprint density at radius 3 is 2.32 bits per heavy atom. The van der Waals surface area contributed by atoms with Gasteiger partial charge in [-0.15, -0.1) is 0 Å². The molecule has 1 heterocycles. The average molecular weight is 415 g/mol. The number of pyridine rings is 1. The number of hydrogen-bond donors (Lipinski definition) is 0.